The van der Waals surface area contributed by atoms with Gasteiger partial charge >= 0.3 is 0 Å². The number of aromatic nitrogens is 4. The Bertz CT molecular complexity index is 693. The molecule has 0 aliphatic rings. The fourth-order valence-corrected chi connectivity index (χ4v) is 2.14. The molecular formula is C14H14N4O. The molecule has 2 heterocycles. The van der Waals surface area contributed by atoms with E-state index in [1.165, 1.54) is 6.33 Å². The second kappa shape index (κ2) is 4.78. The first-order valence-electron chi connectivity index (χ1n) is 6.13. The average Bonchev–Trinajstić information content (AvgIpc) is 2.88. The molecule has 0 radical (unpaired) electrons. The Balaban J connectivity index is 1.95. The summed E-state index contributed by atoms with van der Waals surface area (Å²) in [7, 11) is 0. The molecule has 5 nitrogen and oxygen atoms in total. The zero-order valence-corrected chi connectivity index (χ0v) is 10.6. The van der Waals surface area contributed by atoms with Crippen molar-refractivity contribution in [2.24, 2.45) is 0 Å². The van der Waals surface area contributed by atoms with Crippen molar-refractivity contribution in [3.05, 3.63) is 59.7 Å². The van der Waals surface area contributed by atoms with Gasteiger partial charge in [0, 0.05) is 12.1 Å². The van der Waals surface area contributed by atoms with E-state index in [-0.39, 0.29) is 0 Å². The second-order valence-corrected chi connectivity index (χ2v) is 4.49. The highest BCUT2D eigenvalue weighted by Crippen LogP contribution is 2.18. The highest BCUT2D eigenvalue weighted by Gasteiger charge is 2.12. The molecule has 1 atom stereocenters. The summed E-state index contributed by atoms with van der Waals surface area (Å²) < 4.78 is 1.67. The van der Waals surface area contributed by atoms with Crippen molar-refractivity contribution in [3.63, 3.8) is 0 Å². The molecule has 1 unspecified atom stereocenters. The van der Waals surface area contributed by atoms with Gasteiger partial charge in [-0.25, -0.2) is 9.50 Å². The number of hydrogen-bond acceptors (Lipinski definition) is 4. The van der Waals surface area contributed by atoms with Gasteiger partial charge in [0.1, 0.15) is 6.33 Å². The highest BCUT2D eigenvalue weighted by atomic mass is 16.3. The van der Waals surface area contributed by atoms with Gasteiger partial charge in [0.2, 0.25) is 0 Å². The third-order valence-corrected chi connectivity index (χ3v) is 3.04. The van der Waals surface area contributed by atoms with E-state index in [1.807, 2.05) is 43.3 Å². The van der Waals surface area contributed by atoms with E-state index in [0.29, 0.717) is 12.2 Å². The van der Waals surface area contributed by atoms with Crippen molar-refractivity contribution < 1.29 is 5.11 Å². The first kappa shape index (κ1) is 11.8. The minimum atomic E-state index is -0.560. The van der Waals surface area contributed by atoms with Crippen LogP contribution in [0, 0.1) is 6.92 Å². The van der Waals surface area contributed by atoms with E-state index < -0.39 is 6.10 Å². The van der Waals surface area contributed by atoms with Crippen molar-refractivity contribution in [1.29, 1.82) is 0 Å². The van der Waals surface area contributed by atoms with E-state index >= 15 is 0 Å². The van der Waals surface area contributed by atoms with Gasteiger partial charge in [0.05, 0.1) is 11.8 Å². The van der Waals surface area contributed by atoms with Crippen LogP contribution in [-0.2, 0) is 6.42 Å². The Labute approximate surface area is 110 Å². The maximum atomic E-state index is 10.3. The Morgan fingerprint density at radius 2 is 2.05 bits per heavy atom. The quantitative estimate of drug-likeness (QED) is 0.772. The molecular weight excluding hydrogens is 240 g/mol. The first-order valence-corrected chi connectivity index (χ1v) is 6.13. The van der Waals surface area contributed by atoms with E-state index in [9.17, 15) is 5.11 Å². The van der Waals surface area contributed by atoms with Gasteiger partial charge in [-0.1, -0.05) is 30.3 Å². The molecule has 96 valence electrons. The molecule has 0 amide bonds. The van der Waals surface area contributed by atoms with Gasteiger partial charge in [0.15, 0.2) is 0 Å². The van der Waals surface area contributed by atoms with Gasteiger partial charge in [-0.15, -0.1) is 0 Å². The Morgan fingerprint density at radius 3 is 2.84 bits per heavy atom. The maximum absolute atomic E-state index is 10.3. The molecule has 2 aromatic heterocycles. The average molecular weight is 254 g/mol. The zero-order valence-electron chi connectivity index (χ0n) is 10.6. The molecule has 0 aliphatic carbocycles. The number of nitrogens with zero attached hydrogens (tertiary/aromatic N) is 4. The summed E-state index contributed by atoms with van der Waals surface area (Å²) in [5, 5.41) is 14.4. The number of aryl methyl sites for hydroxylation is 1. The van der Waals surface area contributed by atoms with E-state index in [0.717, 1.165) is 17.0 Å². The van der Waals surface area contributed by atoms with Crippen LogP contribution >= 0.6 is 0 Å². The summed E-state index contributed by atoms with van der Waals surface area (Å²) in [6.45, 7) is 1.91. The standard InChI is InChI=1S/C14H14N4O/c1-10-7-12(18-14(17-10)15-9-16-18)8-13(19)11-5-3-2-4-6-11/h2-7,9,13,19H,8H2,1H3. The number of benzene rings is 1. The fraction of sp³-hybridized carbons (Fsp3) is 0.214. The van der Waals surface area contributed by atoms with Crippen molar-refractivity contribution in [2.45, 2.75) is 19.4 Å². The molecule has 5 heteroatoms. The van der Waals surface area contributed by atoms with E-state index in [2.05, 4.69) is 15.1 Å². The van der Waals surface area contributed by atoms with Crippen LogP contribution in [0.1, 0.15) is 23.1 Å². The summed E-state index contributed by atoms with van der Waals surface area (Å²) >= 11 is 0. The monoisotopic (exact) mass is 254 g/mol. The molecule has 0 fully saturated rings. The number of fused-ring (bicyclic) bond motifs is 1. The largest absolute Gasteiger partial charge is 0.388 e. The normalized spacial score (nSPS) is 12.7. The number of rotatable bonds is 3. The smallest absolute Gasteiger partial charge is 0.252 e. The lowest BCUT2D eigenvalue weighted by Gasteiger charge is -2.12. The van der Waals surface area contributed by atoms with Gasteiger partial charge in [-0.05, 0) is 18.6 Å². The predicted octanol–water partition coefficient (Wildman–Crippen LogP) is 1.71. The van der Waals surface area contributed by atoms with Crippen LogP contribution < -0.4 is 0 Å². The van der Waals surface area contributed by atoms with Crippen LogP contribution in [0.3, 0.4) is 0 Å². The van der Waals surface area contributed by atoms with Crippen molar-refractivity contribution in [3.8, 4) is 0 Å². The number of hydrogen-bond donors (Lipinski definition) is 1. The summed E-state index contributed by atoms with van der Waals surface area (Å²) in [4.78, 5) is 8.36. The molecule has 19 heavy (non-hydrogen) atoms. The first-order chi connectivity index (χ1) is 9.24. The van der Waals surface area contributed by atoms with Crippen molar-refractivity contribution in [1.82, 2.24) is 19.6 Å². The van der Waals surface area contributed by atoms with Crippen LogP contribution in [-0.4, -0.2) is 24.7 Å². The molecule has 0 aliphatic heterocycles. The number of aliphatic hydroxyl groups excluding tert-OH is 1. The third kappa shape index (κ3) is 2.32. The Morgan fingerprint density at radius 1 is 1.26 bits per heavy atom. The Kier molecular flexibility index (Phi) is 2.97. The Hall–Kier alpha value is -2.27. The third-order valence-electron chi connectivity index (χ3n) is 3.04. The van der Waals surface area contributed by atoms with Crippen LogP contribution in [0.5, 0.6) is 0 Å². The predicted molar refractivity (Wildman–Crippen MR) is 70.6 cm³/mol. The molecule has 3 rings (SSSR count). The van der Waals surface area contributed by atoms with Gasteiger partial charge in [0.25, 0.3) is 5.78 Å². The second-order valence-electron chi connectivity index (χ2n) is 4.49. The lowest BCUT2D eigenvalue weighted by molar-refractivity contribution is 0.176. The van der Waals surface area contributed by atoms with Crippen LogP contribution in [0.2, 0.25) is 0 Å². The van der Waals surface area contributed by atoms with E-state index in [4.69, 9.17) is 0 Å². The van der Waals surface area contributed by atoms with Gasteiger partial charge < -0.3 is 5.11 Å². The molecule has 1 N–H and O–H groups in total. The van der Waals surface area contributed by atoms with Crippen LogP contribution in [0.15, 0.2) is 42.7 Å². The topological polar surface area (TPSA) is 63.3 Å². The number of aliphatic hydroxyl groups is 1. The summed E-state index contributed by atoms with van der Waals surface area (Å²) in [5.41, 5.74) is 2.66. The van der Waals surface area contributed by atoms with Crippen LogP contribution in [0.25, 0.3) is 5.78 Å². The summed E-state index contributed by atoms with van der Waals surface area (Å²) in [6, 6.07) is 11.5. The summed E-state index contributed by atoms with van der Waals surface area (Å²) in [5.74, 6) is 0.565. The SMILES string of the molecule is Cc1cc(CC(O)c2ccccc2)n2ncnc2n1. The van der Waals surface area contributed by atoms with Crippen molar-refractivity contribution in [2.75, 3.05) is 0 Å². The minimum Gasteiger partial charge on any atom is -0.388 e. The maximum Gasteiger partial charge on any atom is 0.252 e. The van der Waals surface area contributed by atoms with Gasteiger partial charge in [-0.3, -0.25) is 0 Å². The molecule has 0 spiro atoms. The molecule has 1 aromatic carbocycles. The lowest BCUT2D eigenvalue weighted by atomic mass is 10.0. The van der Waals surface area contributed by atoms with Gasteiger partial charge in [-0.2, -0.15) is 10.1 Å². The zero-order chi connectivity index (χ0) is 13.2. The van der Waals surface area contributed by atoms with Crippen LogP contribution in [0.4, 0.5) is 0 Å². The minimum absolute atomic E-state index is 0.479. The lowest BCUT2D eigenvalue weighted by Crippen LogP contribution is -2.08. The summed E-state index contributed by atoms with van der Waals surface area (Å²) in [6.07, 6.45) is 1.39. The molecule has 0 bridgehead atoms. The fourth-order valence-electron chi connectivity index (χ4n) is 2.14. The molecule has 0 saturated heterocycles. The molecule has 3 aromatic rings. The highest BCUT2D eigenvalue weighted by molar-refractivity contribution is 5.30. The molecule has 0 saturated carbocycles. The van der Waals surface area contributed by atoms with E-state index in [1.54, 1.807) is 4.52 Å². The van der Waals surface area contributed by atoms with Crippen molar-refractivity contribution >= 4 is 5.78 Å².